The van der Waals surface area contributed by atoms with Gasteiger partial charge >= 0.3 is 0 Å². The van der Waals surface area contributed by atoms with Crippen molar-refractivity contribution in [3.8, 4) is 0 Å². The molecule has 1 aliphatic rings. The first-order valence-corrected chi connectivity index (χ1v) is 8.49. The zero-order valence-electron chi connectivity index (χ0n) is 13.8. The molecule has 4 rings (SSSR count). The molecule has 1 atom stereocenters. The van der Waals surface area contributed by atoms with Crippen molar-refractivity contribution < 1.29 is 4.79 Å². The monoisotopic (exact) mass is 337 g/mol. The topological polar surface area (TPSA) is 72.5 Å². The fourth-order valence-electron chi connectivity index (χ4n) is 3.41. The smallest absolute Gasteiger partial charge is 0.270 e. The lowest BCUT2D eigenvalue weighted by molar-refractivity contribution is 0.0581. The molecule has 7 heteroatoms. The van der Waals surface area contributed by atoms with E-state index in [1.165, 1.54) is 10.6 Å². The third kappa shape index (κ3) is 2.93. The maximum atomic E-state index is 13.0. The molecule has 3 aromatic heterocycles. The van der Waals surface area contributed by atoms with E-state index in [-0.39, 0.29) is 23.1 Å². The van der Waals surface area contributed by atoms with E-state index in [2.05, 4.69) is 10.1 Å². The summed E-state index contributed by atoms with van der Waals surface area (Å²) in [5.74, 6) is -0.243. The van der Waals surface area contributed by atoms with Crippen LogP contribution in [0, 0.1) is 0 Å². The number of rotatable bonds is 3. The predicted octanol–water partition coefficient (Wildman–Crippen LogP) is 1.59. The Labute approximate surface area is 144 Å². The van der Waals surface area contributed by atoms with Crippen LogP contribution in [0.15, 0.2) is 53.8 Å². The van der Waals surface area contributed by atoms with Crippen LogP contribution in [0.4, 0.5) is 0 Å². The molecule has 4 heterocycles. The van der Waals surface area contributed by atoms with Gasteiger partial charge in [-0.05, 0) is 37.5 Å². The normalized spacial score (nSPS) is 17.8. The first kappa shape index (κ1) is 15.6. The van der Waals surface area contributed by atoms with Crippen LogP contribution in [0.5, 0.6) is 0 Å². The molecule has 0 saturated carbocycles. The van der Waals surface area contributed by atoms with Gasteiger partial charge in [0.2, 0.25) is 0 Å². The van der Waals surface area contributed by atoms with Crippen LogP contribution in [-0.4, -0.2) is 42.6 Å². The molecule has 7 nitrogen and oxygen atoms in total. The molecule has 0 bridgehead atoms. The Morgan fingerprint density at radius 3 is 2.96 bits per heavy atom. The maximum absolute atomic E-state index is 13.0. The minimum atomic E-state index is -0.320. The summed E-state index contributed by atoms with van der Waals surface area (Å²) in [5.41, 5.74) is 0.339. The van der Waals surface area contributed by atoms with Gasteiger partial charge in [0.1, 0.15) is 11.2 Å². The summed E-state index contributed by atoms with van der Waals surface area (Å²) in [5, 5.41) is 4.24. The number of likely N-dealkylation sites (tertiary alicyclic amines) is 1. The Hall–Kier alpha value is -2.96. The van der Waals surface area contributed by atoms with Gasteiger partial charge in [0.25, 0.3) is 11.5 Å². The second kappa shape index (κ2) is 6.51. The number of hydrogen-bond donors (Lipinski definition) is 0. The van der Waals surface area contributed by atoms with Gasteiger partial charge in [-0.1, -0.05) is 6.07 Å². The third-order valence-electron chi connectivity index (χ3n) is 4.69. The summed E-state index contributed by atoms with van der Waals surface area (Å²) in [6.07, 6.45) is 9.60. The Balaban J connectivity index is 1.66. The van der Waals surface area contributed by atoms with E-state index in [4.69, 9.17) is 0 Å². The van der Waals surface area contributed by atoms with Crippen molar-refractivity contribution in [2.75, 3.05) is 6.54 Å². The molecule has 0 spiro atoms. The summed E-state index contributed by atoms with van der Waals surface area (Å²) >= 11 is 0. The van der Waals surface area contributed by atoms with Gasteiger partial charge in [-0.2, -0.15) is 5.10 Å². The van der Waals surface area contributed by atoms with E-state index in [1.54, 1.807) is 29.4 Å². The van der Waals surface area contributed by atoms with Crippen LogP contribution in [0.1, 0.15) is 29.6 Å². The van der Waals surface area contributed by atoms with Crippen LogP contribution in [0.25, 0.3) is 5.65 Å². The maximum Gasteiger partial charge on any atom is 0.270 e. The van der Waals surface area contributed by atoms with Crippen molar-refractivity contribution in [3.05, 3.63) is 65.0 Å². The average molecular weight is 337 g/mol. The van der Waals surface area contributed by atoms with Crippen molar-refractivity contribution in [2.45, 2.75) is 31.8 Å². The minimum absolute atomic E-state index is 0.0389. The summed E-state index contributed by atoms with van der Waals surface area (Å²) < 4.78 is 3.25. The number of fused-ring (bicyclic) bond motifs is 1. The van der Waals surface area contributed by atoms with Crippen LogP contribution in [0.2, 0.25) is 0 Å². The molecule has 1 aliphatic heterocycles. The molecular weight excluding hydrogens is 318 g/mol. The lowest BCUT2D eigenvalue weighted by Crippen LogP contribution is -2.47. The summed E-state index contributed by atoms with van der Waals surface area (Å²) in [7, 11) is 0. The summed E-state index contributed by atoms with van der Waals surface area (Å²) in [4.78, 5) is 31.8. The highest BCUT2D eigenvalue weighted by atomic mass is 16.2. The Morgan fingerprint density at radius 2 is 2.12 bits per heavy atom. The Bertz CT molecular complexity index is 948. The van der Waals surface area contributed by atoms with Crippen molar-refractivity contribution in [1.82, 2.24) is 24.1 Å². The highest BCUT2D eigenvalue weighted by molar-refractivity contribution is 5.94. The quantitative estimate of drug-likeness (QED) is 0.727. The molecule has 0 N–H and O–H groups in total. The molecule has 1 saturated heterocycles. The van der Waals surface area contributed by atoms with E-state index in [1.807, 2.05) is 23.0 Å². The molecular formula is C18H19N5O2. The molecule has 0 aliphatic carbocycles. The van der Waals surface area contributed by atoms with Gasteiger partial charge in [-0.15, -0.1) is 0 Å². The van der Waals surface area contributed by atoms with Crippen LogP contribution in [0.3, 0.4) is 0 Å². The highest BCUT2D eigenvalue weighted by Gasteiger charge is 2.29. The molecule has 128 valence electrons. The molecule has 1 unspecified atom stereocenters. The molecule has 0 aromatic carbocycles. The van der Waals surface area contributed by atoms with Gasteiger partial charge in [0.15, 0.2) is 0 Å². The Morgan fingerprint density at radius 1 is 1.20 bits per heavy atom. The minimum Gasteiger partial charge on any atom is -0.334 e. The Kier molecular flexibility index (Phi) is 4.05. The number of carbonyl (C=O) groups is 1. The standard InChI is InChI=1S/C18H19N5O2/c24-17(15-12-19-16-7-2-4-11-23(16)18(15)25)22-10-3-1-6-14(22)13-21-9-5-8-20-21/h2,4-5,7-9,11-12,14H,1,3,6,10,13H2. The van der Waals surface area contributed by atoms with E-state index >= 15 is 0 Å². The second-order valence-corrected chi connectivity index (χ2v) is 6.28. The van der Waals surface area contributed by atoms with E-state index in [0.29, 0.717) is 18.7 Å². The SMILES string of the molecule is O=C(c1cnc2ccccn2c1=O)N1CCCCC1Cn1cccn1. The van der Waals surface area contributed by atoms with Gasteiger partial charge < -0.3 is 4.90 Å². The fourth-order valence-corrected chi connectivity index (χ4v) is 3.41. The first-order valence-electron chi connectivity index (χ1n) is 8.49. The van der Waals surface area contributed by atoms with Crippen LogP contribution in [-0.2, 0) is 6.54 Å². The number of hydrogen-bond acceptors (Lipinski definition) is 4. The second-order valence-electron chi connectivity index (χ2n) is 6.28. The lowest BCUT2D eigenvalue weighted by atomic mass is 10.0. The van der Waals surface area contributed by atoms with Gasteiger partial charge in [0.05, 0.1) is 12.6 Å². The number of aromatic nitrogens is 4. The molecule has 0 radical (unpaired) electrons. The van der Waals surface area contributed by atoms with E-state index < -0.39 is 0 Å². The zero-order valence-corrected chi connectivity index (χ0v) is 13.8. The predicted molar refractivity (Wildman–Crippen MR) is 92.4 cm³/mol. The molecule has 3 aromatic rings. The largest absolute Gasteiger partial charge is 0.334 e. The summed E-state index contributed by atoms with van der Waals surface area (Å²) in [6, 6.07) is 7.22. The van der Waals surface area contributed by atoms with Gasteiger partial charge in [0, 0.05) is 31.3 Å². The third-order valence-corrected chi connectivity index (χ3v) is 4.69. The van der Waals surface area contributed by atoms with Crippen molar-refractivity contribution in [1.29, 1.82) is 0 Å². The van der Waals surface area contributed by atoms with Crippen molar-refractivity contribution in [2.24, 2.45) is 0 Å². The number of piperidine rings is 1. The van der Waals surface area contributed by atoms with Crippen LogP contribution >= 0.6 is 0 Å². The van der Waals surface area contributed by atoms with Crippen molar-refractivity contribution in [3.63, 3.8) is 0 Å². The number of carbonyl (C=O) groups excluding carboxylic acids is 1. The molecule has 25 heavy (non-hydrogen) atoms. The average Bonchev–Trinajstić information content (AvgIpc) is 3.15. The molecule has 1 fully saturated rings. The van der Waals surface area contributed by atoms with Crippen molar-refractivity contribution >= 4 is 11.6 Å². The highest BCUT2D eigenvalue weighted by Crippen LogP contribution is 2.20. The molecule has 1 amide bonds. The summed E-state index contributed by atoms with van der Waals surface area (Å²) in [6.45, 7) is 1.29. The van der Waals surface area contributed by atoms with E-state index in [0.717, 1.165) is 19.3 Å². The van der Waals surface area contributed by atoms with Gasteiger partial charge in [-0.3, -0.25) is 18.7 Å². The zero-order chi connectivity index (χ0) is 17.2. The van der Waals surface area contributed by atoms with E-state index in [9.17, 15) is 9.59 Å². The fraction of sp³-hybridized carbons (Fsp3) is 0.333. The van der Waals surface area contributed by atoms with Crippen LogP contribution < -0.4 is 5.56 Å². The first-order chi connectivity index (χ1) is 12.2. The van der Waals surface area contributed by atoms with Gasteiger partial charge in [-0.25, -0.2) is 4.98 Å². The lowest BCUT2D eigenvalue weighted by Gasteiger charge is -2.35. The number of nitrogens with zero attached hydrogens (tertiary/aromatic N) is 5. The number of amides is 1. The number of pyridine rings is 1.